The summed E-state index contributed by atoms with van der Waals surface area (Å²) in [6.45, 7) is 4.67. The first-order chi connectivity index (χ1) is 13.3. The number of carbonyl (C=O) groups excluding carboxylic acids is 1. The van der Waals surface area contributed by atoms with Crippen molar-refractivity contribution in [3.63, 3.8) is 0 Å². The molecule has 1 N–H and O–H groups in total. The Balaban J connectivity index is 1.62. The highest BCUT2D eigenvalue weighted by Gasteiger charge is 2.27. The summed E-state index contributed by atoms with van der Waals surface area (Å²) in [5.74, 6) is 1.05. The third-order valence-corrected chi connectivity index (χ3v) is 4.66. The van der Waals surface area contributed by atoms with Crippen molar-refractivity contribution in [1.29, 1.82) is 0 Å². The molecule has 3 rings (SSSR count). The fourth-order valence-electron chi connectivity index (χ4n) is 3.22. The van der Waals surface area contributed by atoms with E-state index in [9.17, 15) is 9.18 Å². The van der Waals surface area contributed by atoms with Crippen LogP contribution >= 0.6 is 0 Å². The van der Waals surface area contributed by atoms with Gasteiger partial charge < -0.3 is 19.9 Å². The second-order valence-corrected chi connectivity index (χ2v) is 7.20. The molecule has 0 aliphatic carbocycles. The van der Waals surface area contributed by atoms with Gasteiger partial charge in [-0.15, -0.1) is 0 Å². The third kappa shape index (κ3) is 4.68. The maximum absolute atomic E-state index is 14.2. The quantitative estimate of drug-likeness (QED) is 0.821. The molecule has 150 valence electrons. The van der Waals surface area contributed by atoms with E-state index in [0.717, 1.165) is 17.7 Å². The van der Waals surface area contributed by atoms with E-state index in [1.165, 1.54) is 13.1 Å². The van der Waals surface area contributed by atoms with Gasteiger partial charge in [-0.1, -0.05) is 12.1 Å². The predicted molar refractivity (Wildman–Crippen MR) is 106 cm³/mol. The normalized spacial score (nSPS) is 17.3. The molecule has 28 heavy (non-hydrogen) atoms. The Morgan fingerprint density at radius 1 is 1.36 bits per heavy atom. The van der Waals surface area contributed by atoms with Crippen LogP contribution in [0.25, 0.3) is 0 Å². The summed E-state index contributed by atoms with van der Waals surface area (Å²) in [5, 5.41) is 2.86. The molecule has 2 aromatic rings. The zero-order valence-electron chi connectivity index (χ0n) is 16.6. The van der Waals surface area contributed by atoms with Crippen LogP contribution < -0.4 is 19.9 Å². The minimum atomic E-state index is -0.428. The van der Waals surface area contributed by atoms with E-state index in [-0.39, 0.29) is 18.1 Å². The van der Waals surface area contributed by atoms with Gasteiger partial charge >= 0.3 is 0 Å². The molecule has 0 spiro atoms. The first-order valence-corrected chi connectivity index (χ1v) is 9.32. The van der Waals surface area contributed by atoms with Crippen LogP contribution in [0.3, 0.4) is 0 Å². The van der Waals surface area contributed by atoms with Crippen molar-refractivity contribution >= 4 is 17.7 Å². The van der Waals surface area contributed by atoms with Crippen LogP contribution in [-0.2, 0) is 4.79 Å². The van der Waals surface area contributed by atoms with E-state index < -0.39 is 5.82 Å². The van der Waals surface area contributed by atoms with Crippen LogP contribution in [0.4, 0.5) is 16.2 Å². The van der Waals surface area contributed by atoms with Crippen LogP contribution in [0.2, 0.25) is 0 Å². The Kier molecular flexibility index (Phi) is 5.96. The number of amides is 1. The standard InChI is InChI=1S/C20H26FN5O2/c1-13(23-14(2)27)15-5-7-16(8-6-15)28-17-9-10-26(12-17)19-18(21)11-22-20(24-19)25(3)4/h5-8,11,13,17H,9-10,12H2,1-4H3,(H,23,27)/t13-,17+/m0/s1. The Hall–Kier alpha value is -2.90. The number of carbonyl (C=O) groups is 1. The van der Waals surface area contributed by atoms with Crippen molar-refractivity contribution in [2.24, 2.45) is 0 Å². The molecule has 0 saturated carbocycles. The third-order valence-electron chi connectivity index (χ3n) is 4.66. The number of nitrogens with one attached hydrogen (secondary N) is 1. The lowest BCUT2D eigenvalue weighted by molar-refractivity contribution is -0.119. The Morgan fingerprint density at radius 3 is 2.71 bits per heavy atom. The average Bonchev–Trinajstić information content (AvgIpc) is 3.10. The number of rotatable bonds is 6. The molecule has 1 aromatic carbocycles. The second kappa shape index (κ2) is 8.41. The summed E-state index contributed by atoms with van der Waals surface area (Å²) in [5.41, 5.74) is 1.01. The largest absolute Gasteiger partial charge is 0.489 e. The second-order valence-electron chi connectivity index (χ2n) is 7.20. The molecule has 1 fully saturated rings. The molecular formula is C20H26FN5O2. The molecule has 8 heteroatoms. The number of anilines is 2. The van der Waals surface area contributed by atoms with Crippen molar-refractivity contribution in [3.8, 4) is 5.75 Å². The van der Waals surface area contributed by atoms with Crippen LogP contribution in [0.15, 0.2) is 30.5 Å². The van der Waals surface area contributed by atoms with E-state index in [2.05, 4.69) is 15.3 Å². The Bertz CT molecular complexity index is 828. The molecule has 2 heterocycles. The van der Waals surface area contributed by atoms with Crippen LogP contribution in [0, 0.1) is 5.82 Å². The fraction of sp³-hybridized carbons (Fsp3) is 0.450. The van der Waals surface area contributed by atoms with Crippen molar-refractivity contribution < 1.29 is 13.9 Å². The Labute approximate surface area is 164 Å². The van der Waals surface area contributed by atoms with Crippen LogP contribution in [-0.4, -0.2) is 49.2 Å². The number of benzene rings is 1. The summed E-state index contributed by atoms with van der Waals surface area (Å²) < 4.78 is 20.2. The van der Waals surface area contributed by atoms with E-state index in [1.807, 2.05) is 50.2 Å². The fourth-order valence-corrected chi connectivity index (χ4v) is 3.22. The molecule has 0 radical (unpaired) electrons. The van der Waals surface area contributed by atoms with Gasteiger partial charge in [0, 0.05) is 34.0 Å². The topological polar surface area (TPSA) is 70.6 Å². The summed E-state index contributed by atoms with van der Waals surface area (Å²) in [6, 6.07) is 7.61. The first-order valence-electron chi connectivity index (χ1n) is 9.32. The summed E-state index contributed by atoms with van der Waals surface area (Å²) in [6.07, 6.45) is 1.95. The number of nitrogens with zero attached hydrogens (tertiary/aromatic N) is 4. The van der Waals surface area contributed by atoms with Gasteiger partial charge in [-0.25, -0.2) is 9.37 Å². The molecule has 0 unspecified atom stereocenters. The number of halogens is 1. The highest BCUT2D eigenvalue weighted by atomic mass is 19.1. The lowest BCUT2D eigenvalue weighted by Crippen LogP contribution is -2.27. The zero-order valence-corrected chi connectivity index (χ0v) is 16.6. The monoisotopic (exact) mass is 387 g/mol. The molecule has 1 amide bonds. The molecule has 1 saturated heterocycles. The van der Waals surface area contributed by atoms with Gasteiger partial charge in [-0.2, -0.15) is 4.98 Å². The lowest BCUT2D eigenvalue weighted by atomic mass is 10.1. The summed E-state index contributed by atoms with van der Waals surface area (Å²) in [7, 11) is 3.65. The van der Waals surface area contributed by atoms with Crippen molar-refractivity contribution in [2.75, 3.05) is 37.0 Å². The SMILES string of the molecule is CC(=O)N[C@@H](C)c1ccc(O[C@@H]2CCN(c3nc(N(C)C)ncc3F)C2)cc1. The smallest absolute Gasteiger partial charge is 0.226 e. The van der Waals surface area contributed by atoms with Crippen molar-refractivity contribution in [3.05, 3.63) is 41.8 Å². The first kappa shape index (κ1) is 19.9. The molecule has 2 atom stereocenters. The van der Waals surface area contributed by atoms with E-state index in [4.69, 9.17) is 4.74 Å². The highest BCUT2D eigenvalue weighted by Crippen LogP contribution is 2.26. The number of ether oxygens (including phenoxy) is 1. The lowest BCUT2D eigenvalue weighted by Gasteiger charge is -2.20. The minimum Gasteiger partial charge on any atom is -0.489 e. The maximum atomic E-state index is 14.2. The highest BCUT2D eigenvalue weighted by molar-refractivity contribution is 5.73. The minimum absolute atomic E-state index is 0.0456. The van der Waals surface area contributed by atoms with Crippen molar-refractivity contribution in [2.45, 2.75) is 32.4 Å². The van der Waals surface area contributed by atoms with Gasteiger partial charge in [-0.3, -0.25) is 4.79 Å². The summed E-state index contributed by atoms with van der Waals surface area (Å²) in [4.78, 5) is 23.1. The van der Waals surface area contributed by atoms with Crippen LogP contribution in [0.1, 0.15) is 31.9 Å². The number of aromatic nitrogens is 2. The zero-order chi connectivity index (χ0) is 20.3. The molecule has 1 aliphatic rings. The van der Waals surface area contributed by atoms with Gasteiger partial charge in [0.2, 0.25) is 11.9 Å². The van der Waals surface area contributed by atoms with Gasteiger partial charge in [0.25, 0.3) is 0 Å². The molecule has 1 aromatic heterocycles. The maximum Gasteiger partial charge on any atom is 0.226 e. The predicted octanol–water partition coefficient (Wildman–Crippen LogP) is 2.54. The molecular weight excluding hydrogens is 361 g/mol. The van der Waals surface area contributed by atoms with E-state index in [1.54, 1.807) is 4.90 Å². The molecule has 7 nitrogen and oxygen atoms in total. The van der Waals surface area contributed by atoms with E-state index in [0.29, 0.717) is 24.9 Å². The van der Waals surface area contributed by atoms with Crippen LogP contribution in [0.5, 0.6) is 5.75 Å². The van der Waals surface area contributed by atoms with Crippen molar-refractivity contribution in [1.82, 2.24) is 15.3 Å². The number of hydrogen-bond donors (Lipinski definition) is 1. The summed E-state index contributed by atoms with van der Waals surface area (Å²) >= 11 is 0. The van der Waals surface area contributed by atoms with Gasteiger partial charge in [-0.05, 0) is 24.6 Å². The average molecular weight is 387 g/mol. The Morgan fingerprint density at radius 2 is 2.07 bits per heavy atom. The van der Waals surface area contributed by atoms with Gasteiger partial charge in [0.15, 0.2) is 11.6 Å². The number of hydrogen-bond acceptors (Lipinski definition) is 6. The molecule has 0 bridgehead atoms. The van der Waals surface area contributed by atoms with Gasteiger partial charge in [0.05, 0.1) is 18.8 Å². The van der Waals surface area contributed by atoms with Gasteiger partial charge in [0.1, 0.15) is 11.9 Å². The molecule has 1 aliphatic heterocycles. The van der Waals surface area contributed by atoms with E-state index >= 15 is 0 Å².